The molecule has 0 spiro atoms. The summed E-state index contributed by atoms with van der Waals surface area (Å²) in [5.74, 6) is 1.30. The molecule has 82 valence electrons. The first-order chi connectivity index (χ1) is 7.66. The predicted octanol–water partition coefficient (Wildman–Crippen LogP) is 2.97. The molecule has 1 heterocycles. The maximum atomic E-state index is 9.36. The third kappa shape index (κ3) is 2.19. The molecule has 16 heavy (non-hydrogen) atoms. The monoisotopic (exact) mass is 214 g/mol. The Labute approximate surface area is 94.8 Å². The number of hydrogen-bond acceptors (Lipinski definition) is 3. The van der Waals surface area contributed by atoms with Crippen molar-refractivity contribution in [2.24, 2.45) is 0 Å². The van der Waals surface area contributed by atoms with E-state index in [1.165, 1.54) is 0 Å². The Morgan fingerprint density at radius 2 is 1.81 bits per heavy atom. The fraction of sp³-hybridized carbons (Fsp3) is 0.231. The zero-order valence-electron chi connectivity index (χ0n) is 9.38. The van der Waals surface area contributed by atoms with Gasteiger partial charge in [0.15, 0.2) is 5.82 Å². The molecule has 2 aromatic rings. The molecular formula is C13H14N2O. The minimum atomic E-state index is 0.231. The highest BCUT2D eigenvalue weighted by atomic mass is 16.3. The normalized spacial score (nSPS) is 10.7. The Kier molecular flexibility index (Phi) is 2.86. The largest absolute Gasteiger partial charge is 0.508 e. The molecule has 0 amide bonds. The number of hydrogen-bond donors (Lipinski definition) is 1. The molecular weight excluding hydrogens is 200 g/mol. The van der Waals surface area contributed by atoms with Crippen LogP contribution in [0.25, 0.3) is 11.4 Å². The molecule has 0 bridgehead atoms. The van der Waals surface area contributed by atoms with Crippen molar-refractivity contribution in [2.45, 2.75) is 19.8 Å². The third-order valence-corrected chi connectivity index (χ3v) is 2.44. The van der Waals surface area contributed by atoms with Crippen LogP contribution in [0.15, 0.2) is 36.7 Å². The fourth-order valence-corrected chi connectivity index (χ4v) is 1.43. The topological polar surface area (TPSA) is 46.0 Å². The van der Waals surface area contributed by atoms with Gasteiger partial charge >= 0.3 is 0 Å². The average Bonchev–Trinajstić information content (AvgIpc) is 2.29. The molecule has 3 nitrogen and oxygen atoms in total. The van der Waals surface area contributed by atoms with Crippen LogP contribution in [0.3, 0.4) is 0 Å². The van der Waals surface area contributed by atoms with Gasteiger partial charge in [0.25, 0.3) is 0 Å². The van der Waals surface area contributed by atoms with Gasteiger partial charge in [-0.1, -0.05) is 26.0 Å². The van der Waals surface area contributed by atoms with E-state index in [0.29, 0.717) is 11.7 Å². The average molecular weight is 214 g/mol. The molecule has 1 N–H and O–H groups in total. The second-order valence-electron chi connectivity index (χ2n) is 4.05. The van der Waals surface area contributed by atoms with Crippen LogP contribution in [0.1, 0.15) is 25.3 Å². The molecule has 0 unspecified atom stereocenters. The molecule has 0 saturated carbocycles. The summed E-state index contributed by atoms with van der Waals surface area (Å²) >= 11 is 0. The number of phenolic OH excluding ortho intramolecular Hbond substituents is 1. The van der Waals surface area contributed by atoms with Crippen LogP contribution >= 0.6 is 0 Å². The van der Waals surface area contributed by atoms with Crippen molar-refractivity contribution in [1.82, 2.24) is 9.97 Å². The summed E-state index contributed by atoms with van der Waals surface area (Å²) in [6, 6.07) is 6.95. The molecule has 1 aromatic carbocycles. The van der Waals surface area contributed by atoms with E-state index >= 15 is 0 Å². The summed E-state index contributed by atoms with van der Waals surface area (Å²) in [5, 5.41) is 9.36. The first kappa shape index (κ1) is 10.6. The smallest absolute Gasteiger partial charge is 0.159 e. The number of phenols is 1. The lowest BCUT2D eigenvalue weighted by atomic mass is 10.1. The minimum absolute atomic E-state index is 0.231. The second-order valence-corrected chi connectivity index (χ2v) is 4.05. The lowest BCUT2D eigenvalue weighted by Gasteiger charge is -2.05. The highest BCUT2D eigenvalue weighted by Crippen LogP contribution is 2.20. The predicted molar refractivity (Wildman–Crippen MR) is 63.2 cm³/mol. The quantitative estimate of drug-likeness (QED) is 0.835. The maximum absolute atomic E-state index is 9.36. The summed E-state index contributed by atoms with van der Waals surface area (Å²) in [5.41, 5.74) is 1.94. The Bertz CT molecular complexity index is 478. The summed E-state index contributed by atoms with van der Waals surface area (Å²) in [7, 11) is 0. The molecule has 3 heteroatoms. The van der Waals surface area contributed by atoms with Gasteiger partial charge in [0.2, 0.25) is 0 Å². The summed E-state index contributed by atoms with van der Waals surface area (Å²) in [6.07, 6.45) is 3.66. The molecule has 0 atom stereocenters. The van der Waals surface area contributed by atoms with E-state index in [1.807, 2.05) is 18.5 Å². The molecule has 0 radical (unpaired) electrons. The molecule has 0 aliphatic carbocycles. The van der Waals surface area contributed by atoms with Crippen LogP contribution < -0.4 is 0 Å². The van der Waals surface area contributed by atoms with Crippen LogP contribution in [0, 0.1) is 0 Å². The third-order valence-electron chi connectivity index (χ3n) is 2.44. The van der Waals surface area contributed by atoms with E-state index in [2.05, 4.69) is 23.8 Å². The van der Waals surface area contributed by atoms with Gasteiger partial charge in [-0.15, -0.1) is 0 Å². The lowest BCUT2D eigenvalue weighted by Crippen LogP contribution is -1.93. The van der Waals surface area contributed by atoms with E-state index in [4.69, 9.17) is 0 Å². The number of rotatable bonds is 2. The minimum Gasteiger partial charge on any atom is -0.508 e. The number of benzene rings is 1. The van der Waals surface area contributed by atoms with E-state index in [9.17, 15) is 5.11 Å². The van der Waals surface area contributed by atoms with Crippen molar-refractivity contribution in [3.05, 3.63) is 42.2 Å². The first-order valence-electron chi connectivity index (χ1n) is 5.28. The van der Waals surface area contributed by atoms with Crippen molar-refractivity contribution in [3.8, 4) is 17.1 Å². The van der Waals surface area contributed by atoms with Gasteiger partial charge < -0.3 is 5.11 Å². The van der Waals surface area contributed by atoms with Crippen molar-refractivity contribution in [2.75, 3.05) is 0 Å². The Morgan fingerprint density at radius 1 is 1.12 bits per heavy atom. The van der Waals surface area contributed by atoms with Crippen LogP contribution in [0.2, 0.25) is 0 Å². The van der Waals surface area contributed by atoms with Crippen LogP contribution in [0.4, 0.5) is 0 Å². The van der Waals surface area contributed by atoms with Crippen molar-refractivity contribution in [1.29, 1.82) is 0 Å². The van der Waals surface area contributed by atoms with E-state index in [1.54, 1.807) is 18.2 Å². The van der Waals surface area contributed by atoms with Gasteiger partial charge in [0.05, 0.1) is 0 Å². The Balaban J connectivity index is 2.35. The van der Waals surface area contributed by atoms with Crippen LogP contribution in [-0.2, 0) is 0 Å². The molecule has 1 aromatic heterocycles. The highest BCUT2D eigenvalue weighted by Gasteiger charge is 2.04. The van der Waals surface area contributed by atoms with Gasteiger partial charge in [-0.3, -0.25) is 0 Å². The molecule has 0 saturated heterocycles. The maximum Gasteiger partial charge on any atom is 0.159 e. The fourth-order valence-electron chi connectivity index (χ4n) is 1.43. The summed E-state index contributed by atoms with van der Waals surface area (Å²) < 4.78 is 0. The summed E-state index contributed by atoms with van der Waals surface area (Å²) in [6.45, 7) is 4.21. The van der Waals surface area contributed by atoms with E-state index < -0.39 is 0 Å². The lowest BCUT2D eigenvalue weighted by molar-refractivity contribution is 0.475. The van der Waals surface area contributed by atoms with Crippen LogP contribution in [0.5, 0.6) is 5.75 Å². The van der Waals surface area contributed by atoms with Crippen molar-refractivity contribution < 1.29 is 5.11 Å². The molecule has 2 rings (SSSR count). The van der Waals surface area contributed by atoms with Gasteiger partial charge in [-0.25, -0.2) is 9.97 Å². The second kappa shape index (κ2) is 4.31. The zero-order valence-corrected chi connectivity index (χ0v) is 9.38. The standard InChI is InChI=1S/C13H14N2O/c1-9(2)11-7-14-13(15-8-11)10-4-3-5-12(16)6-10/h3-9,16H,1-2H3. The van der Waals surface area contributed by atoms with Crippen molar-refractivity contribution >= 4 is 0 Å². The first-order valence-corrected chi connectivity index (χ1v) is 5.28. The summed E-state index contributed by atoms with van der Waals surface area (Å²) in [4.78, 5) is 8.58. The number of aromatic hydroxyl groups is 1. The highest BCUT2D eigenvalue weighted by molar-refractivity contribution is 5.56. The van der Waals surface area contributed by atoms with Gasteiger partial charge in [-0.05, 0) is 23.6 Å². The Hall–Kier alpha value is -1.90. The molecule has 0 aliphatic heterocycles. The van der Waals surface area contributed by atoms with Gasteiger partial charge in [0, 0.05) is 18.0 Å². The SMILES string of the molecule is CC(C)c1cnc(-c2cccc(O)c2)nc1. The molecule has 0 fully saturated rings. The van der Waals surface area contributed by atoms with E-state index in [0.717, 1.165) is 11.1 Å². The number of nitrogens with zero attached hydrogens (tertiary/aromatic N) is 2. The number of aromatic nitrogens is 2. The zero-order chi connectivity index (χ0) is 11.5. The molecule has 0 aliphatic rings. The Morgan fingerprint density at radius 3 is 2.38 bits per heavy atom. The van der Waals surface area contributed by atoms with Crippen molar-refractivity contribution in [3.63, 3.8) is 0 Å². The van der Waals surface area contributed by atoms with Crippen LogP contribution in [-0.4, -0.2) is 15.1 Å². The van der Waals surface area contributed by atoms with Gasteiger partial charge in [0.1, 0.15) is 5.75 Å². The van der Waals surface area contributed by atoms with E-state index in [-0.39, 0.29) is 5.75 Å². The van der Waals surface area contributed by atoms with Gasteiger partial charge in [-0.2, -0.15) is 0 Å².